The second kappa shape index (κ2) is 11.3. The van der Waals surface area contributed by atoms with Crippen LogP contribution in [0.25, 0.3) is 0 Å². The van der Waals surface area contributed by atoms with Crippen LogP contribution >= 0.6 is 0 Å². The molecule has 0 unspecified atom stereocenters. The number of ketones is 1. The lowest BCUT2D eigenvalue weighted by Gasteiger charge is -2.11. The van der Waals surface area contributed by atoms with Crippen LogP contribution in [0.4, 0.5) is 26.3 Å². The zero-order chi connectivity index (χ0) is 26.3. The Morgan fingerprint density at radius 3 is 1.69 bits per heavy atom. The predicted octanol–water partition coefficient (Wildman–Crippen LogP) is 5.04. The van der Waals surface area contributed by atoms with Crippen molar-refractivity contribution in [1.29, 1.82) is 0 Å². The molecule has 0 bridgehead atoms. The lowest BCUT2D eigenvalue weighted by Crippen LogP contribution is -2.24. The Morgan fingerprint density at radius 1 is 0.829 bits per heavy atom. The summed E-state index contributed by atoms with van der Waals surface area (Å²) in [5, 5.41) is 2.98. The minimum absolute atomic E-state index is 0.0882. The van der Waals surface area contributed by atoms with Gasteiger partial charge in [0.2, 0.25) is 0 Å². The van der Waals surface area contributed by atoms with Crippen LogP contribution in [0.5, 0.6) is 11.5 Å². The highest BCUT2D eigenvalue weighted by Gasteiger charge is 2.39. The van der Waals surface area contributed by atoms with Crippen molar-refractivity contribution in [2.24, 2.45) is 5.16 Å². The molecule has 0 saturated carbocycles. The Hall–Kier alpha value is -3.55. The number of ether oxygens (including phenoxy) is 2. The molecule has 190 valence electrons. The van der Waals surface area contributed by atoms with Gasteiger partial charge >= 0.3 is 22.5 Å². The summed E-state index contributed by atoms with van der Waals surface area (Å²) in [6.07, 6.45) is -9.67. The summed E-state index contributed by atoms with van der Waals surface area (Å²) in [4.78, 5) is 11.1. The number of oxime groups is 1. The van der Waals surface area contributed by atoms with Gasteiger partial charge in [0, 0.05) is 17.5 Å². The van der Waals surface area contributed by atoms with Gasteiger partial charge in [-0.3, -0.25) is 9.08 Å². The first kappa shape index (κ1) is 27.7. The van der Waals surface area contributed by atoms with Crippen molar-refractivity contribution in [2.75, 3.05) is 13.2 Å². The fourth-order valence-electron chi connectivity index (χ4n) is 2.40. The van der Waals surface area contributed by atoms with Gasteiger partial charge in [0.25, 0.3) is 5.78 Å². The van der Waals surface area contributed by atoms with E-state index in [4.69, 9.17) is 9.47 Å². The van der Waals surface area contributed by atoms with Gasteiger partial charge < -0.3 is 9.47 Å². The first-order chi connectivity index (χ1) is 16.2. The van der Waals surface area contributed by atoms with Crippen LogP contribution in [0.1, 0.15) is 22.3 Å². The van der Waals surface area contributed by atoms with Gasteiger partial charge in [-0.25, -0.2) is 0 Å². The monoisotopic (exact) mass is 525 g/mol. The van der Waals surface area contributed by atoms with E-state index >= 15 is 0 Å². The molecular weight excluding hydrogens is 508 g/mol. The van der Waals surface area contributed by atoms with Crippen LogP contribution < -0.4 is 9.47 Å². The summed E-state index contributed by atoms with van der Waals surface area (Å²) >= 11 is 0. The maximum Gasteiger partial charge on any atom is 0.454 e. The first-order valence-corrected chi connectivity index (χ1v) is 11.0. The summed E-state index contributed by atoms with van der Waals surface area (Å²) in [5.74, 6) is -1.54. The van der Waals surface area contributed by atoms with Crippen molar-refractivity contribution in [3.8, 4) is 11.5 Å². The SMILES string of the molecule is C=CS(=O)(=O)ON=C(c1ccc(OCCCOc2ccc(C(=O)C(F)(F)F)cc2)cc1)C(F)(F)F. The van der Waals surface area contributed by atoms with Crippen LogP contribution in [0.15, 0.2) is 65.7 Å². The van der Waals surface area contributed by atoms with Crippen LogP contribution in [-0.2, 0) is 14.4 Å². The maximum absolute atomic E-state index is 13.2. The van der Waals surface area contributed by atoms with Crippen molar-refractivity contribution in [2.45, 2.75) is 18.8 Å². The van der Waals surface area contributed by atoms with E-state index in [2.05, 4.69) is 16.0 Å². The molecule has 0 fully saturated rings. The molecule has 14 heteroatoms. The Balaban J connectivity index is 1.87. The quantitative estimate of drug-likeness (QED) is 0.134. The molecule has 0 spiro atoms. The highest BCUT2D eigenvalue weighted by atomic mass is 32.2. The predicted molar refractivity (Wildman–Crippen MR) is 112 cm³/mol. The fourth-order valence-corrected chi connectivity index (χ4v) is 2.64. The molecule has 0 heterocycles. The topological polar surface area (TPSA) is 91.3 Å². The molecule has 0 aliphatic heterocycles. The number of Topliss-reactive ketones (excluding diaryl/α,β-unsaturated/α-hetero) is 1. The van der Waals surface area contributed by atoms with Crippen molar-refractivity contribution in [1.82, 2.24) is 0 Å². The number of carbonyl (C=O) groups is 1. The number of hydrogen-bond donors (Lipinski definition) is 0. The van der Waals surface area contributed by atoms with Gasteiger partial charge in [-0.2, -0.15) is 34.8 Å². The molecule has 0 N–H and O–H groups in total. The number of rotatable bonds is 11. The summed E-state index contributed by atoms with van der Waals surface area (Å²) in [6, 6.07) is 8.81. The molecule has 2 aromatic carbocycles. The molecule has 0 radical (unpaired) electrons. The van der Waals surface area contributed by atoms with Crippen LogP contribution in [0.2, 0.25) is 0 Å². The molecule has 2 aromatic rings. The van der Waals surface area contributed by atoms with Gasteiger partial charge in [0.1, 0.15) is 11.5 Å². The minimum Gasteiger partial charge on any atom is -0.493 e. The Morgan fingerprint density at radius 2 is 1.29 bits per heavy atom. The normalized spacial score (nSPS) is 12.7. The second-order valence-corrected chi connectivity index (χ2v) is 8.07. The fraction of sp³-hybridized carbons (Fsp3) is 0.238. The van der Waals surface area contributed by atoms with Crippen molar-refractivity contribution in [3.63, 3.8) is 0 Å². The van der Waals surface area contributed by atoms with Crippen molar-refractivity contribution >= 4 is 21.6 Å². The summed E-state index contributed by atoms with van der Waals surface area (Å²) in [5.41, 5.74) is -2.57. The molecule has 0 aliphatic rings. The van der Waals surface area contributed by atoms with Gasteiger partial charge in [-0.1, -0.05) is 11.7 Å². The number of benzene rings is 2. The van der Waals surface area contributed by atoms with E-state index in [0.29, 0.717) is 11.8 Å². The van der Waals surface area contributed by atoms with Crippen molar-refractivity contribution < 1.29 is 53.3 Å². The van der Waals surface area contributed by atoms with E-state index in [1.807, 2.05) is 0 Å². The Kier molecular flexibility index (Phi) is 8.90. The molecule has 0 amide bonds. The standard InChI is InChI=1S/C21H17F6NO6S/c1-2-35(30,31)34-28-18(20(22,23)24)14-4-8-16(9-5-14)32-12-3-13-33-17-10-6-15(7-11-17)19(29)21(25,26)27/h2,4-11H,1,3,12-13H2. The van der Waals surface area contributed by atoms with E-state index in [1.165, 1.54) is 24.3 Å². The van der Waals surface area contributed by atoms with E-state index in [0.717, 1.165) is 24.3 Å². The molecule has 0 aliphatic carbocycles. The number of nitrogens with zero attached hydrogens (tertiary/aromatic N) is 1. The first-order valence-electron chi connectivity index (χ1n) is 9.52. The van der Waals surface area contributed by atoms with Gasteiger partial charge in [0.05, 0.1) is 18.6 Å². The number of hydrogen-bond acceptors (Lipinski definition) is 7. The van der Waals surface area contributed by atoms with Crippen LogP contribution in [-0.4, -0.2) is 45.5 Å². The van der Waals surface area contributed by atoms with Gasteiger partial charge in [-0.05, 0) is 48.5 Å². The summed E-state index contributed by atoms with van der Waals surface area (Å²) in [7, 11) is -4.46. The van der Waals surface area contributed by atoms with Gasteiger partial charge in [0.15, 0.2) is 5.71 Å². The zero-order valence-corrected chi connectivity index (χ0v) is 18.4. The lowest BCUT2D eigenvalue weighted by atomic mass is 10.1. The smallest absolute Gasteiger partial charge is 0.454 e. The number of carbonyl (C=O) groups excluding carboxylic acids is 1. The minimum atomic E-state index is -5.01. The third-order valence-corrected chi connectivity index (χ3v) is 4.72. The van der Waals surface area contributed by atoms with E-state index < -0.39 is 45.1 Å². The average molecular weight is 525 g/mol. The largest absolute Gasteiger partial charge is 0.493 e. The lowest BCUT2D eigenvalue weighted by molar-refractivity contribution is -0.0885. The molecule has 2 rings (SSSR count). The molecule has 35 heavy (non-hydrogen) atoms. The third kappa shape index (κ3) is 8.63. The number of halogens is 6. The average Bonchev–Trinajstić information content (AvgIpc) is 2.78. The van der Waals surface area contributed by atoms with E-state index in [-0.39, 0.29) is 24.7 Å². The third-order valence-electron chi connectivity index (χ3n) is 4.03. The molecule has 0 atom stereocenters. The highest BCUT2D eigenvalue weighted by molar-refractivity contribution is 7.89. The molecular formula is C21H17F6NO6S. The molecule has 0 saturated heterocycles. The number of alkyl halides is 6. The molecule has 7 nitrogen and oxygen atoms in total. The summed E-state index contributed by atoms with van der Waals surface area (Å²) < 4.78 is 114. The highest BCUT2D eigenvalue weighted by Crippen LogP contribution is 2.25. The van der Waals surface area contributed by atoms with Gasteiger partial charge in [-0.15, -0.1) is 0 Å². The van der Waals surface area contributed by atoms with Crippen LogP contribution in [0.3, 0.4) is 0 Å². The Bertz CT molecular complexity index is 1160. The Labute approximate surface area is 195 Å². The molecule has 0 aromatic heterocycles. The maximum atomic E-state index is 13.2. The summed E-state index contributed by atoms with van der Waals surface area (Å²) in [6.45, 7) is 3.08. The van der Waals surface area contributed by atoms with Crippen LogP contribution in [0, 0.1) is 0 Å². The van der Waals surface area contributed by atoms with Crippen molar-refractivity contribution in [3.05, 3.63) is 71.6 Å². The zero-order valence-electron chi connectivity index (χ0n) is 17.6. The van der Waals surface area contributed by atoms with E-state index in [1.54, 1.807) is 0 Å². The second-order valence-electron chi connectivity index (χ2n) is 6.60. The van der Waals surface area contributed by atoms with E-state index in [9.17, 15) is 39.6 Å².